The zero-order valence-corrected chi connectivity index (χ0v) is 15.5. The average molecular weight is 371 g/mol. The molecule has 28 heavy (non-hydrogen) atoms. The summed E-state index contributed by atoms with van der Waals surface area (Å²) in [6.07, 6.45) is 6.23. The molecule has 140 valence electrons. The number of piperidine rings is 1. The van der Waals surface area contributed by atoms with E-state index >= 15 is 0 Å². The molecule has 5 heteroatoms. The Kier molecular flexibility index (Phi) is 5.22. The molecule has 0 saturated carbocycles. The molecule has 1 amide bonds. The lowest BCUT2D eigenvalue weighted by molar-refractivity contribution is 0.0546. The number of likely N-dealkylation sites (tertiary alicyclic amines) is 1. The molecule has 2 heterocycles. The van der Waals surface area contributed by atoms with Gasteiger partial charge in [0.1, 0.15) is 0 Å². The molecule has 4 rings (SSSR count). The second-order valence-electron chi connectivity index (χ2n) is 6.84. The van der Waals surface area contributed by atoms with Crippen molar-refractivity contribution in [1.29, 1.82) is 0 Å². The van der Waals surface area contributed by atoms with E-state index in [4.69, 9.17) is 0 Å². The molecule has 0 aliphatic carbocycles. The molecule has 1 aromatic heterocycles. The largest absolute Gasteiger partial charge is 0.393 e. The van der Waals surface area contributed by atoms with Gasteiger partial charge in [0.25, 0.3) is 5.91 Å². The van der Waals surface area contributed by atoms with Gasteiger partial charge in [0.05, 0.1) is 18.1 Å². The molecule has 1 N–H and O–H groups in total. The second kappa shape index (κ2) is 8.12. The van der Waals surface area contributed by atoms with Crippen LogP contribution in [-0.4, -0.2) is 44.7 Å². The highest BCUT2D eigenvalue weighted by Crippen LogP contribution is 2.19. The summed E-state index contributed by atoms with van der Waals surface area (Å²) in [5.74, 6) is 6.37. The minimum absolute atomic E-state index is 0.0214. The lowest BCUT2D eigenvalue weighted by Gasteiger charge is -2.29. The molecule has 5 nitrogen and oxygen atoms in total. The summed E-state index contributed by atoms with van der Waals surface area (Å²) in [6, 6.07) is 15.3. The van der Waals surface area contributed by atoms with Crippen molar-refractivity contribution in [2.75, 3.05) is 13.1 Å². The molecule has 3 aromatic rings. The Morgan fingerprint density at radius 2 is 1.86 bits per heavy atom. The van der Waals surface area contributed by atoms with Gasteiger partial charge in [0, 0.05) is 42.2 Å². The first-order valence-electron chi connectivity index (χ1n) is 9.37. The first kappa shape index (κ1) is 18.0. The predicted octanol–water partition coefficient (Wildman–Crippen LogP) is 2.87. The molecular formula is C23H21N3O2. The Balaban J connectivity index is 1.68. The quantitative estimate of drug-likeness (QED) is 0.705. The van der Waals surface area contributed by atoms with Crippen molar-refractivity contribution >= 4 is 5.91 Å². The van der Waals surface area contributed by atoms with E-state index in [1.165, 1.54) is 0 Å². The van der Waals surface area contributed by atoms with Crippen LogP contribution < -0.4 is 0 Å². The maximum Gasteiger partial charge on any atom is 0.253 e. The highest BCUT2D eigenvalue weighted by molar-refractivity contribution is 5.95. The van der Waals surface area contributed by atoms with Gasteiger partial charge in [-0.25, -0.2) is 4.98 Å². The fourth-order valence-electron chi connectivity index (χ4n) is 3.31. The number of aliphatic hydroxyl groups is 1. The molecular weight excluding hydrogens is 350 g/mol. The maximum absolute atomic E-state index is 12.9. The van der Waals surface area contributed by atoms with Crippen molar-refractivity contribution in [3.63, 3.8) is 0 Å². The molecule has 1 fully saturated rings. The van der Waals surface area contributed by atoms with Crippen molar-refractivity contribution in [2.45, 2.75) is 18.9 Å². The predicted molar refractivity (Wildman–Crippen MR) is 107 cm³/mol. The Morgan fingerprint density at radius 3 is 2.57 bits per heavy atom. The highest BCUT2D eigenvalue weighted by Gasteiger charge is 2.22. The van der Waals surface area contributed by atoms with Gasteiger partial charge in [-0.05, 0) is 43.2 Å². The van der Waals surface area contributed by atoms with E-state index in [1.54, 1.807) is 17.4 Å². The fraction of sp³-hybridized carbons (Fsp3) is 0.217. The smallest absolute Gasteiger partial charge is 0.253 e. The first-order chi connectivity index (χ1) is 13.7. The Labute approximate surface area is 164 Å². The number of carbonyl (C=O) groups excluding carboxylic acids is 1. The number of aromatic nitrogens is 2. The van der Waals surface area contributed by atoms with E-state index in [2.05, 4.69) is 16.8 Å². The van der Waals surface area contributed by atoms with Crippen LogP contribution in [0.25, 0.3) is 5.69 Å². The average Bonchev–Trinajstić information content (AvgIpc) is 3.27. The number of benzene rings is 2. The van der Waals surface area contributed by atoms with Gasteiger partial charge in [-0.1, -0.05) is 30.0 Å². The van der Waals surface area contributed by atoms with Crippen LogP contribution in [0.15, 0.2) is 67.3 Å². The Morgan fingerprint density at radius 1 is 1.07 bits per heavy atom. The van der Waals surface area contributed by atoms with Crippen molar-refractivity contribution in [3.05, 3.63) is 83.9 Å². The molecule has 0 radical (unpaired) electrons. The van der Waals surface area contributed by atoms with Crippen molar-refractivity contribution < 1.29 is 9.90 Å². The van der Waals surface area contributed by atoms with E-state index < -0.39 is 0 Å². The maximum atomic E-state index is 12.9. The van der Waals surface area contributed by atoms with Gasteiger partial charge in [0.2, 0.25) is 0 Å². The Bertz CT molecular complexity index is 1010. The van der Waals surface area contributed by atoms with Crippen molar-refractivity contribution in [3.8, 4) is 17.5 Å². The third-order valence-electron chi connectivity index (χ3n) is 4.89. The summed E-state index contributed by atoms with van der Waals surface area (Å²) in [5, 5.41) is 9.68. The minimum atomic E-state index is -0.306. The standard InChI is InChI=1S/C23H21N3O2/c27-21-10-13-25(14-11-21)23(28)20-8-9-22(26-15-12-24-17-26)19(16-20)7-6-18-4-2-1-3-5-18/h1-5,8-9,12,15-17,21,27H,10-11,13-14H2. The van der Waals surface area contributed by atoms with Gasteiger partial charge in [-0.2, -0.15) is 0 Å². The lowest BCUT2D eigenvalue weighted by Crippen LogP contribution is -2.40. The van der Waals surface area contributed by atoms with Crippen LogP contribution in [0.5, 0.6) is 0 Å². The van der Waals surface area contributed by atoms with E-state index in [0.29, 0.717) is 31.5 Å². The van der Waals surface area contributed by atoms with E-state index in [1.807, 2.05) is 59.3 Å². The molecule has 0 atom stereocenters. The van der Waals surface area contributed by atoms with Gasteiger partial charge in [-0.15, -0.1) is 0 Å². The van der Waals surface area contributed by atoms with E-state index in [9.17, 15) is 9.90 Å². The molecule has 0 bridgehead atoms. The van der Waals surface area contributed by atoms with Crippen LogP contribution in [0.3, 0.4) is 0 Å². The van der Waals surface area contributed by atoms with Crippen LogP contribution in [0.4, 0.5) is 0 Å². The van der Waals surface area contributed by atoms with Gasteiger partial charge >= 0.3 is 0 Å². The van der Waals surface area contributed by atoms with Crippen molar-refractivity contribution in [2.24, 2.45) is 0 Å². The van der Waals surface area contributed by atoms with Crippen molar-refractivity contribution in [1.82, 2.24) is 14.5 Å². The molecule has 2 aromatic carbocycles. The second-order valence-corrected chi connectivity index (χ2v) is 6.84. The first-order valence-corrected chi connectivity index (χ1v) is 9.37. The van der Waals surface area contributed by atoms with E-state index in [-0.39, 0.29) is 12.0 Å². The molecule has 0 unspecified atom stereocenters. The summed E-state index contributed by atoms with van der Waals surface area (Å²) in [7, 11) is 0. The van der Waals surface area contributed by atoms with Gasteiger partial charge < -0.3 is 14.6 Å². The van der Waals surface area contributed by atoms with Gasteiger partial charge in [-0.3, -0.25) is 4.79 Å². The van der Waals surface area contributed by atoms with Gasteiger partial charge in [0.15, 0.2) is 0 Å². The van der Waals surface area contributed by atoms with E-state index in [0.717, 1.165) is 16.8 Å². The molecule has 0 spiro atoms. The monoisotopic (exact) mass is 371 g/mol. The summed E-state index contributed by atoms with van der Waals surface area (Å²) in [5.41, 5.74) is 3.18. The molecule has 1 saturated heterocycles. The summed E-state index contributed by atoms with van der Waals surface area (Å²) >= 11 is 0. The minimum Gasteiger partial charge on any atom is -0.393 e. The zero-order chi connectivity index (χ0) is 19.3. The number of hydrogen-bond donors (Lipinski definition) is 1. The molecule has 1 aliphatic heterocycles. The number of aliphatic hydroxyl groups excluding tert-OH is 1. The number of carbonyl (C=O) groups is 1. The number of imidazole rings is 1. The normalized spacial score (nSPS) is 14.4. The zero-order valence-electron chi connectivity index (χ0n) is 15.5. The van der Waals surface area contributed by atoms with Crippen LogP contribution in [0.1, 0.15) is 34.3 Å². The van der Waals surface area contributed by atoms with Crippen LogP contribution in [-0.2, 0) is 0 Å². The summed E-state index contributed by atoms with van der Waals surface area (Å²) in [4.78, 5) is 18.8. The fourth-order valence-corrected chi connectivity index (χ4v) is 3.31. The van der Waals surface area contributed by atoms with Crippen LogP contribution >= 0.6 is 0 Å². The third-order valence-corrected chi connectivity index (χ3v) is 4.89. The topological polar surface area (TPSA) is 58.4 Å². The van der Waals surface area contributed by atoms with Crippen LogP contribution in [0, 0.1) is 11.8 Å². The summed E-state index contributed by atoms with van der Waals surface area (Å²) in [6.45, 7) is 1.16. The number of amides is 1. The SMILES string of the molecule is O=C(c1ccc(-n2ccnc2)c(C#Cc2ccccc2)c1)N1CCC(O)CC1. The highest BCUT2D eigenvalue weighted by atomic mass is 16.3. The molecule has 1 aliphatic rings. The number of rotatable bonds is 2. The number of hydrogen-bond acceptors (Lipinski definition) is 3. The summed E-state index contributed by atoms with van der Waals surface area (Å²) < 4.78 is 1.89. The Hall–Kier alpha value is -3.36. The lowest BCUT2D eigenvalue weighted by atomic mass is 10.0. The third kappa shape index (κ3) is 3.98. The number of nitrogens with zero attached hydrogens (tertiary/aromatic N) is 3. The van der Waals surface area contributed by atoms with Crippen LogP contribution in [0.2, 0.25) is 0 Å².